The van der Waals surface area contributed by atoms with Crippen molar-refractivity contribution in [2.45, 2.75) is 24.3 Å². The van der Waals surface area contributed by atoms with Crippen LogP contribution in [0.15, 0.2) is 41.8 Å². The lowest BCUT2D eigenvalue weighted by atomic mass is 10.1. The van der Waals surface area contributed by atoms with Crippen LogP contribution in [0.25, 0.3) is 0 Å². The molecule has 1 aliphatic heterocycles. The van der Waals surface area contributed by atoms with Gasteiger partial charge in [-0.1, -0.05) is 23.7 Å². The number of amides is 1. The molecule has 0 saturated carbocycles. The number of aromatic amines is 1. The number of aromatic nitrogens is 2. The van der Waals surface area contributed by atoms with Crippen molar-refractivity contribution in [1.29, 1.82) is 0 Å². The van der Waals surface area contributed by atoms with E-state index in [2.05, 4.69) is 9.97 Å². The lowest BCUT2D eigenvalue weighted by Gasteiger charge is -2.21. The third-order valence-corrected chi connectivity index (χ3v) is 6.47. The molecule has 3 rings (SSSR count). The SMILES string of the molecule is O=C(CCc1cccc(Cl)c1)N1CCCN(S(=O)(=O)c2cnc[nH]2)CC1. The highest BCUT2D eigenvalue weighted by atomic mass is 35.5. The van der Waals surface area contributed by atoms with E-state index in [-0.39, 0.29) is 17.5 Å². The van der Waals surface area contributed by atoms with E-state index in [4.69, 9.17) is 11.6 Å². The standard InChI is InChI=1S/C17H21ClN4O3S/c18-15-4-1-3-14(11-15)5-6-17(23)21-7-2-8-22(10-9-21)26(24,25)16-12-19-13-20-16/h1,3-4,11-13H,2,5-10H2,(H,19,20). The van der Waals surface area contributed by atoms with Gasteiger partial charge in [-0.15, -0.1) is 0 Å². The molecule has 2 aromatic rings. The first-order chi connectivity index (χ1) is 12.5. The van der Waals surface area contributed by atoms with Crippen LogP contribution in [-0.2, 0) is 21.2 Å². The van der Waals surface area contributed by atoms with Gasteiger partial charge >= 0.3 is 0 Å². The molecule has 9 heteroatoms. The monoisotopic (exact) mass is 396 g/mol. The number of hydrogen-bond donors (Lipinski definition) is 1. The first-order valence-electron chi connectivity index (χ1n) is 8.47. The Balaban J connectivity index is 1.57. The quantitative estimate of drug-likeness (QED) is 0.836. The Hall–Kier alpha value is -1.90. The van der Waals surface area contributed by atoms with Crippen LogP contribution in [0.1, 0.15) is 18.4 Å². The molecule has 7 nitrogen and oxygen atoms in total. The van der Waals surface area contributed by atoms with Crippen LogP contribution in [0.4, 0.5) is 0 Å². The van der Waals surface area contributed by atoms with Crippen LogP contribution in [0.2, 0.25) is 5.02 Å². The summed E-state index contributed by atoms with van der Waals surface area (Å²) in [5.74, 6) is 0.0331. The van der Waals surface area contributed by atoms with Crippen molar-refractivity contribution >= 4 is 27.5 Å². The third-order valence-electron chi connectivity index (χ3n) is 4.42. The molecule has 1 aromatic heterocycles. The van der Waals surface area contributed by atoms with Gasteiger partial charge in [-0.05, 0) is 30.5 Å². The summed E-state index contributed by atoms with van der Waals surface area (Å²) >= 11 is 5.97. The third kappa shape index (κ3) is 4.44. The predicted octanol–water partition coefficient (Wildman–Crippen LogP) is 1.92. The minimum atomic E-state index is -3.59. The average Bonchev–Trinajstić information content (AvgIpc) is 3.05. The molecule has 2 heterocycles. The van der Waals surface area contributed by atoms with E-state index in [9.17, 15) is 13.2 Å². The van der Waals surface area contributed by atoms with Gasteiger partial charge < -0.3 is 9.88 Å². The summed E-state index contributed by atoms with van der Waals surface area (Å²) in [7, 11) is -3.59. The molecule has 0 radical (unpaired) electrons. The van der Waals surface area contributed by atoms with Gasteiger partial charge in [-0.2, -0.15) is 4.31 Å². The van der Waals surface area contributed by atoms with E-state index in [0.29, 0.717) is 43.9 Å². The number of aryl methyl sites for hydroxylation is 1. The van der Waals surface area contributed by atoms with Crippen molar-refractivity contribution in [2.24, 2.45) is 0 Å². The van der Waals surface area contributed by atoms with Gasteiger partial charge in [0.1, 0.15) is 0 Å². The zero-order valence-corrected chi connectivity index (χ0v) is 15.8. The molecule has 1 N–H and O–H groups in total. The second kappa shape index (κ2) is 8.20. The highest BCUT2D eigenvalue weighted by molar-refractivity contribution is 7.89. The first kappa shape index (κ1) is 18.9. The number of carbonyl (C=O) groups excluding carboxylic acids is 1. The Kier molecular flexibility index (Phi) is 5.95. The van der Waals surface area contributed by atoms with Crippen LogP contribution >= 0.6 is 11.6 Å². The Morgan fingerprint density at radius 3 is 2.81 bits per heavy atom. The minimum Gasteiger partial charge on any atom is -0.341 e. The van der Waals surface area contributed by atoms with Crippen LogP contribution in [-0.4, -0.2) is 59.7 Å². The first-order valence-corrected chi connectivity index (χ1v) is 10.3. The number of H-pyrrole nitrogens is 1. The average molecular weight is 397 g/mol. The molecule has 1 aromatic carbocycles. The van der Waals surface area contributed by atoms with Gasteiger partial charge in [0, 0.05) is 37.6 Å². The molecule has 1 amide bonds. The minimum absolute atomic E-state index is 0.0331. The molecule has 26 heavy (non-hydrogen) atoms. The van der Waals surface area contributed by atoms with Crippen molar-refractivity contribution in [3.63, 3.8) is 0 Å². The van der Waals surface area contributed by atoms with Gasteiger partial charge in [-0.25, -0.2) is 13.4 Å². The maximum absolute atomic E-state index is 12.6. The van der Waals surface area contributed by atoms with Crippen LogP contribution in [0, 0.1) is 0 Å². The number of nitrogens with zero attached hydrogens (tertiary/aromatic N) is 3. The van der Waals surface area contributed by atoms with Crippen molar-refractivity contribution < 1.29 is 13.2 Å². The lowest BCUT2D eigenvalue weighted by Crippen LogP contribution is -2.37. The molecule has 0 aliphatic carbocycles. The lowest BCUT2D eigenvalue weighted by molar-refractivity contribution is -0.131. The molecule has 1 fully saturated rings. The molecular formula is C17H21ClN4O3S. The molecule has 1 aliphatic rings. The number of hydrogen-bond acceptors (Lipinski definition) is 4. The number of sulfonamides is 1. The Morgan fingerprint density at radius 2 is 2.08 bits per heavy atom. The zero-order chi connectivity index (χ0) is 18.6. The van der Waals surface area contributed by atoms with Crippen molar-refractivity contribution in [3.8, 4) is 0 Å². The molecule has 1 saturated heterocycles. The number of carbonyl (C=O) groups is 1. The number of nitrogens with one attached hydrogen (secondary N) is 1. The van der Waals surface area contributed by atoms with Crippen LogP contribution < -0.4 is 0 Å². The number of imidazole rings is 1. The van der Waals surface area contributed by atoms with E-state index in [1.54, 1.807) is 11.0 Å². The number of rotatable bonds is 5. The van der Waals surface area contributed by atoms with Crippen molar-refractivity contribution in [3.05, 3.63) is 47.4 Å². The van der Waals surface area contributed by atoms with Crippen LogP contribution in [0.5, 0.6) is 0 Å². The van der Waals surface area contributed by atoms with E-state index >= 15 is 0 Å². The van der Waals surface area contributed by atoms with Gasteiger partial charge in [0.2, 0.25) is 5.91 Å². The van der Waals surface area contributed by atoms with E-state index < -0.39 is 10.0 Å². The summed E-state index contributed by atoms with van der Waals surface area (Å²) in [6.45, 7) is 1.62. The van der Waals surface area contributed by atoms with E-state index in [0.717, 1.165) is 5.56 Å². The smallest absolute Gasteiger partial charge is 0.260 e. The fraction of sp³-hybridized carbons (Fsp3) is 0.412. The Morgan fingerprint density at radius 1 is 1.23 bits per heavy atom. The fourth-order valence-corrected chi connectivity index (χ4v) is 4.59. The number of halogens is 1. The summed E-state index contributed by atoms with van der Waals surface area (Å²) in [4.78, 5) is 20.7. The molecular weight excluding hydrogens is 376 g/mol. The maximum Gasteiger partial charge on any atom is 0.260 e. The second-order valence-electron chi connectivity index (χ2n) is 6.18. The van der Waals surface area contributed by atoms with Gasteiger partial charge in [0.05, 0.1) is 12.5 Å². The summed E-state index contributed by atoms with van der Waals surface area (Å²) in [5, 5.41) is 0.739. The highest BCUT2D eigenvalue weighted by Gasteiger charge is 2.29. The Bertz CT molecular complexity index is 855. The normalized spacial score (nSPS) is 16.4. The molecule has 0 bridgehead atoms. The van der Waals surface area contributed by atoms with Crippen molar-refractivity contribution in [1.82, 2.24) is 19.2 Å². The summed E-state index contributed by atoms with van der Waals surface area (Å²) < 4.78 is 26.5. The molecule has 140 valence electrons. The summed E-state index contributed by atoms with van der Waals surface area (Å²) in [6.07, 6.45) is 4.25. The second-order valence-corrected chi connectivity index (χ2v) is 8.53. The zero-order valence-electron chi connectivity index (χ0n) is 14.3. The fourth-order valence-electron chi connectivity index (χ4n) is 3.01. The van der Waals surface area contributed by atoms with Gasteiger partial charge in [-0.3, -0.25) is 4.79 Å². The van der Waals surface area contributed by atoms with E-state index in [1.165, 1.54) is 16.8 Å². The largest absolute Gasteiger partial charge is 0.341 e. The van der Waals surface area contributed by atoms with Gasteiger partial charge in [0.25, 0.3) is 10.0 Å². The topological polar surface area (TPSA) is 86.4 Å². The number of benzene rings is 1. The molecule has 0 unspecified atom stereocenters. The summed E-state index contributed by atoms with van der Waals surface area (Å²) in [5.41, 5.74) is 1.02. The van der Waals surface area contributed by atoms with Crippen LogP contribution in [0.3, 0.4) is 0 Å². The molecule has 0 atom stereocenters. The van der Waals surface area contributed by atoms with E-state index in [1.807, 2.05) is 18.2 Å². The van der Waals surface area contributed by atoms with Crippen molar-refractivity contribution in [2.75, 3.05) is 26.2 Å². The molecule has 0 spiro atoms. The highest BCUT2D eigenvalue weighted by Crippen LogP contribution is 2.17. The van der Waals surface area contributed by atoms with Gasteiger partial charge in [0.15, 0.2) is 5.03 Å². The maximum atomic E-state index is 12.6. The Labute approximate surface area is 158 Å². The predicted molar refractivity (Wildman–Crippen MR) is 98.3 cm³/mol. The summed E-state index contributed by atoms with van der Waals surface area (Å²) in [6, 6.07) is 7.47.